The van der Waals surface area contributed by atoms with Gasteiger partial charge in [-0.05, 0) is 40.8 Å². The Kier molecular flexibility index (Phi) is 5.59. The number of halogens is 1. The average Bonchev–Trinajstić information content (AvgIpc) is 3.07. The number of hydrogen-bond donors (Lipinski definition) is 1. The highest BCUT2D eigenvalue weighted by Crippen LogP contribution is 2.37. The van der Waals surface area contributed by atoms with Crippen LogP contribution in [-0.4, -0.2) is 32.6 Å². The lowest BCUT2D eigenvalue weighted by Gasteiger charge is -2.07. The molecule has 2 aromatic rings. The van der Waals surface area contributed by atoms with Crippen LogP contribution in [0.5, 0.6) is 23.0 Å². The minimum atomic E-state index is -0.365. The van der Waals surface area contributed by atoms with Crippen molar-refractivity contribution in [1.29, 1.82) is 0 Å². The number of ether oxygens (including phenoxy) is 4. The number of nitrogens with zero attached hydrogens (tertiary/aromatic N) is 1. The van der Waals surface area contributed by atoms with Gasteiger partial charge < -0.3 is 18.9 Å². The van der Waals surface area contributed by atoms with E-state index in [1.54, 1.807) is 25.3 Å². The van der Waals surface area contributed by atoms with Crippen molar-refractivity contribution < 1.29 is 23.7 Å². The van der Waals surface area contributed by atoms with E-state index >= 15 is 0 Å². The maximum Gasteiger partial charge on any atom is 0.277 e. The van der Waals surface area contributed by atoms with Crippen molar-refractivity contribution in [2.75, 3.05) is 20.5 Å². The average molecular weight is 454 g/mol. The van der Waals surface area contributed by atoms with Crippen LogP contribution in [0.3, 0.4) is 0 Å². The van der Waals surface area contributed by atoms with Crippen LogP contribution in [0.2, 0.25) is 0 Å². The molecule has 1 heterocycles. The van der Waals surface area contributed by atoms with Crippen LogP contribution in [0.1, 0.15) is 5.56 Å². The molecule has 25 heavy (non-hydrogen) atoms. The van der Waals surface area contributed by atoms with Gasteiger partial charge in [-0.1, -0.05) is 12.1 Å². The van der Waals surface area contributed by atoms with Gasteiger partial charge in [0, 0.05) is 11.6 Å². The van der Waals surface area contributed by atoms with Gasteiger partial charge in [-0.25, -0.2) is 5.43 Å². The van der Waals surface area contributed by atoms with Crippen LogP contribution < -0.4 is 24.4 Å². The SMILES string of the molecule is COc1cc2c(cc1/C=N\NC(=O)COc1ccccc1I)OCO2. The molecule has 1 amide bonds. The number of rotatable bonds is 6. The monoisotopic (exact) mass is 454 g/mol. The lowest BCUT2D eigenvalue weighted by Crippen LogP contribution is -2.24. The van der Waals surface area contributed by atoms with Gasteiger partial charge in [-0.2, -0.15) is 5.10 Å². The Labute approximate surface area is 158 Å². The molecule has 8 heteroatoms. The zero-order valence-corrected chi connectivity index (χ0v) is 15.5. The molecule has 7 nitrogen and oxygen atoms in total. The molecule has 0 unspecified atom stereocenters. The van der Waals surface area contributed by atoms with Crippen molar-refractivity contribution in [3.05, 3.63) is 45.5 Å². The number of methoxy groups -OCH3 is 1. The molecule has 130 valence electrons. The van der Waals surface area contributed by atoms with Crippen molar-refractivity contribution in [2.24, 2.45) is 5.10 Å². The van der Waals surface area contributed by atoms with E-state index in [0.29, 0.717) is 28.6 Å². The topological polar surface area (TPSA) is 78.4 Å². The second kappa shape index (κ2) is 8.06. The van der Waals surface area contributed by atoms with E-state index in [4.69, 9.17) is 18.9 Å². The first-order chi connectivity index (χ1) is 12.2. The number of fused-ring (bicyclic) bond motifs is 1. The van der Waals surface area contributed by atoms with Crippen molar-refractivity contribution in [2.45, 2.75) is 0 Å². The Bertz CT molecular complexity index is 810. The molecule has 0 atom stereocenters. The Balaban J connectivity index is 1.58. The van der Waals surface area contributed by atoms with Crippen LogP contribution in [-0.2, 0) is 4.79 Å². The first-order valence-corrected chi connectivity index (χ1v) is 8.42. The van der Waals surface area contributed by atoms with Gasteiger partial charge in [0.25, 0.3) is 5.91 Å². The van der Waals surface area contributed by atoms with E-state index in [-0.39, 0.29) is 19.3 Å². The highest BCUT2D eigenvalue weighted by atomic mass is 127. The van der Waals surface area contributed by atoms with Gasteiger partial charge in [-0.3, -0.25) is 4.79 Å². The molecule has 1 aliphatic heterocycles. The highest BCUT2D eigenvalue weighted by molar-refractivity contribution is 14.1. The number of hydrazone groups is 1. The maximum absolute atomic E-state index is 11.8. The third kappa shape index (κ3) is 4.32. The fourth-order valence-corrected chi connectivity index (χ4v) is 2.67. The number of carbonyl (C=O) groups is 1. The van der Waals surface area contributed by atoms with Gasteiger partial charge in [0.05, 0.1) is 16.9 Å². The summed E-state index contributed by atoms with van der Waals surface area (Å²) in [4.78, 5) is 11.8. The molecule has 0 bridgehead atoms. The molecule has 0 saturated carbocycles. The quantitative estimate of drug-likeness (QED) is 0.413. The van der Waals surface area contributed by atoms with E-state index < -0.39 is 0 Å². The van der Waals surface area contributed by atoms with Crippen molar-refractivity contribution >= 4 is 34.7 Å². The third-order valence-electron chi connectivity index (χ3n) is 3.31. The number of para-hydroxylation sites is 1. The normalized spacial score (nSPS) is 12.2. The Hall–Kier alpha value is -2.49. The molecule has 0 spiro atoms. The molecule has 0 aliphatic carbocycles. The van der Waals surface area contributed by atoms with Crippen molar-refractivity contribution in [3.63, 3.8) is 0 Å². The molecule has 1 N–H and O–H groups in total. The van der Waals surface area contributed by atoms with Crippen LogP contribution in [0.25, 0.3) is 0 Å². The minimum absolute atomic E-state index is 0.129. The van der Waals surface area contributed by atoms with Crippen molar-refractivity contribution in [1.82, 2.24) is 5.43 Å². The number of carbonyl (C=O) groups excluding carboxylic acids is 1. The maximum atomic E-state index is 11.8. The number of benzene rings is 2. The van der Waals surface area contributed by atoms with E-state index in [0.717, 1.165) is 3.57 Å². The van der Waals surface area contributed by atoms with E-state index in [2.05, 4.69) is 33.1 Å². The van der Waals surface area contributed by atoms with E-state index in [1.807, 2.05) is 18.2 Å². The van der Waals surface area contributed by atoms with Crippen LogP contribution in [0, 0.1) is 3.57 Å². The first kappa shape index (κ1) is 17.3. The second-order valence-electron chi connectivity index (χ2n) is 4.96. The molecule has 0 radical (unpaired) electrons. The number of nitrogens with one attached hydrogen (secondary N) is 1. The van der Waals surface area contributed by atoms with E-state index in [9.17, 15) is 4.79 Å². The van der Waals surface area contributed by atoms with Gasteiger partial charge in [0.15, 0.2) is 18.1 Å². The van der Waals surface area contributed by atoms with Crippen molar-refractivity contribution in [3.8, 4) is 23.0 Å². The first-order valence-electron chi connectivity index (χ1n) is 7.34. The lowest BCUT2D eigenvalue weighted by atomic mass is 10.2. The van der Waals surface area contributed by atoms with Gasteiger partial charge in [0.1, 0.15) is 11.5 Å². The molecule has 0 fully saturated rings. The fraction of sp³-hybridized carbons (Fsp3) is 0.176. The molecule has 2 aromatic carbocycles. The second-order valence-corrected chi connectivity index (χ2v) is 6.12. The predicted molar refractivity (Wildman–Crippen MR) is 99.5 cm³/mol. The van der Waals surface area contributed by atoms with Gasteiger partial charge >= 0.3 is 0 Å². The lowest BCUT2D eigenvalue weighted by molar-refractivity contribution is -0.123. The summed E-state index contributed by atoms with van der Waals surface area (Å²) in [6.07, 6.45) is 1.48. The zero-order chi connectivity index (χ0) is 17.6. The standard InChI is InChI=1S/C17H15IN2O5/c1-22-14-7-16-15(24-10-25-16)6-11(14)8-19-20-17(21)9-23-13-5-3-2-4-12(13)18/h2-8H,9-10H2,1H3,(H,20,21)/b19-8-. The largest absolute Gasteiger partial charge is 0.496 e. The number of amides is 1. The minimum Gasteiger partial charge on any atom is -0.496 e. The molecule has 1 aliphatic rings. The van der Waals surface area contributed by atoms with Crippen LogP contribution in [0.4, 0.5) is 0 Å². The molecular weight excluding hydrogens is 439 g/mol. The molecule has 0 saturated heterocycles. The highest BCUT2D eigenvalue weighted by Gasteiger charge is 2.17. The molecular formula is C17H15IN2O5. The van der Waals surface area contributed by atoms with Crippen LogP contribution >= 0.6 is 22.6 Å². The van der Waals surface area contributed by atoms with E-state index in [1.165, 1.54) is 6.21 Å². The summed E-state index contributed by atoms with van der Waals surface area (Å²) in [5, 5.41) is 3.93. The zero-order valence-electron chi connectivity index (χ0n) is 13.3. The third-order valence-corrected chi connectivity index (χ3v) is 4.20. The summed E-state index contributed by atoms with van der Waals surface area (Å²) < 4.78 is 22.3. The summed E-state index contributed by atoms with van der Waals surface area (Å²) in [5.74, 6) is 2.08. The van der Waals surface area contributed by atoms with Gasteiger partial charge in [0.2, 0.25) is 6.79 Å². The number of hydrogen-bond acceptors (Lipinski definition) is 6. The fourth-order valence-electron chi connectivity index (χ4n) is 2.13. The molecule has 0 aromatic heterocycles. The summed E-state index contributed by atoms with van der Waals surface area (Å²) in [5.41, 5.74) is 3.07. The summed E-state index contributed by atoms with van der Waals surface area (Å²) >= 11 is 2.14. The molecule has 3 rings (SSSR count). The summed E-state index contributed by atoms with van der Waals surface area (Å²) in [6, 6.07) is 10.9. The smallest absolute Gasteiger partial charge is 0.277 e. The Morgan fingerprint density at radius 1 is 1.28 bits per heavy atom. The van der Waals surface area contributed by atoms with Crippen LogP contribution in [0.15, 0.2) is 41.5 Å². The van der Waals surface area contributed by atoms with Gasteiger partial charge in [-0.15, -0.1) is 0 Å². The Morgan fingerprint density at radius 3 is 2.80 bits per heavy atom. The Morgan fingerprint density at radius 2 is 2.04 bits per heavy atom. The predicted octanol–water partition coefficient (Wildman–Crippen LogP) is 2.56. The summed E-state index contributed by atoms with van der Waals surface area (Å²) in [6.45, 7) is 0.0427. The summed E-state index contributed by atoms with van der Waals surface area (Å²) in [7, 11) is 1.54.